The minimum Gasteiger partial charge on any atom is -0.465 e. The maximum absolute atomic E-state index is 5.84. The van der Waals surface area contributed by atoms with Crippen LogP contribution in [0, 0.1) is 12.8 Å². The highest BCUT2D eigenvalue weighted by Gasteiger charge is 2.08. The molecule has 116 valence electrons. The van der Waals surface area contributed by atoms with E-state index < -0.39 is 0 Å². The Morgan fingerprint density at radius 2 is 1.62 bits per heavy atom. The summed E-state index contributed by atoms with van der Waals surface area (Å²) in [7, 11) is 2.07. The molecule has 0 aromatic carbocycles. The van der Waals surface area contributed by atoms with Crippen molar-refractivity contribution in [3.8, 4) is 0 Å². The Labute approximate surface area is 127 Å². The number of hydrogen-bond acceptors (Lipinski definition) is 4. The summed E-state index contributed by atoms with van der Waals surface area (Å²) in [4.78, 5) is 2.18. The molecule has 0 fully saturated rings. The molecule has 0 saturated heterocycles. The molecule has 0 saturated carbocycles. The maximum atomic E-state index is 5.84. The number of hydrogen-bond donors (Lipinski definition) is 1. The Hall–Kier alpha value is -1.52. The average Bonchev–Trinajstić information content (AvgIpc) is 2.98. The van der Waals surface area contributed by atoms with Crippen molar-refractivity contribution in [1.29, 1.82) is 0 Å². The topological polar surface area (TPSA) is 41.5 Å². The lowest BCUT2D eigenvalue weighted by molar-refractivity contribution is 0.259. The van der Waals surface area contributed by atoms with Gasteiger partial charge in [0.05, 0.1) is 19.6 Å². The van der Waals surface area contributed by atoms with Crippen LogP contribution < -0.4 is 5.32 Å². The second-order valence-corrected chi connectivity index (χ2v) is 6.08. The van der Waals surface area contributed by atoms with Crippen LogP contribution in [0.2, 0.25) is 0 Å². The van der Waals surface area contributed by atoms with Gasteiger partial charge < -0.3 is 14.2 Å². The number of aryl methyl sites for hydroxylation is 1. The van der Waals surface area contributed by atoms with E-state index in [2.05, 4.69) is 37.2 Å². The zero-order valence-corrected chi connectivity index (χ0v) is 13.5. The Kier molecular flexibility index (Phi) is 5.65. The van der Waals surface area contributed by atoms with Crippen LogP contribution in [0.3, 0.4) is 0 Å². The van der Waals surface area contributed by atoms with Crippen LogP contribution in [0.4, 0.5) is 0 Å². The Morgan fingerprint density at radius 1 is 1.00 bits per heavy atom. The zero-order valence-electron chi connectivity index (χ0n) is 13.5. The third-order valence-corrected chi connectivity index (χ3v) is 3.22. The molecular formula is C17H26N2O2. The van der Waals surface area contributed by atoms with Gasteiger partial charge in [-0.15, -0.1) is 0 Å². The highest BCUT2D eigenvalue weighted by Crippen LogP contribution is 2.13. The normalized spacial score (nSPS) is 11.7. The minimum atomic E-state index is 0.655. The van der Waals surface area contributed by atoms with Gasteiger partial charge in [0.25, 0.3) is 0 Å². The molecule has 0 aliphatic carbocycles. The first kappa shape index (κ1) is 15.9. The lowest BCUT2D eigenvalue weighted by Gasteiger charge is -2.13. The van der Waals surface area contributed by atoms with Crippen LogP contribution in [0.15, 0.2) is 33.1 Å². The van der Waals surface area contributed by atoms with Gasteiger partial charge in [-0.3, -0.25) is 4.90 Å². The van der Waals surface area contributed by atoms with Crippen molar-refractivity contribution >= 4 is 0 Å². The minimum absolute atomic E-state index is 0.655. The number of nitrogens with one attached hydrogen (secondary N) is 1. The van der Waals surface area contributed by atoms with Crippen molar-refractivity contribution in [2.45, 2.75) is 40.4 Å². The number of nitrogens with zero attached hydrogens (tertiary/aromatic N) is 1. The van der Waals surface area contributed by atoms with Gasteiger partial charge in [-0.1, -0.05) is 13.8 Å². The summed E-state index contributed by atoms with van der Waals surface area (Å²) in [5, 5.41) is 3.39. The maximum Gasteiger partial charge on any atom is 0.118 e. The highest BCUT2D eigenvalue weighted by molar-refractivity contribution is 5.08. The van der Waals surface area contributed by atoms with Gasteiger partial charge >= 0.3 is 0 Å². The number of rotatable bonds is 8. The zero-order chi connectivity index (χ0) is 15.2. The van der Waals surface area contributed by atoms with Gasteiger partial charge in [-0.25, -0.2) is 0 Å². The SMILES string of the molecule is Cc1ccc(CN(C)Cc2ccc(CNCC(C)C)o2)o1. The van der Waals surface area contributed by atoms with Crippen LogP contribution in [-0.4, -0.2) is 18.5 Å². The monoisotopic (exact) mass is 290 g/mol. The standard InChI is InChI=1S/C17H26N2O2/c1-13(2)9-18-10-15-7-8-17(21-15)12-19(4)11-16-6-5-14(3)20-16/h5-8,13,18H,9-12H2,1-4H3. The van der Waals surface area contributed by atoms with Crippen LogP contribution >= 0.6 is 0 Å². The summed E-state index contributed by atoms with van der Waals surface area (Å²) >= 11 is 0. The van der Waals surface area contributed by atoms with Crippen molar-refractivity contribution in [1.82, 2.24) is 10.2 Å². The summed E-state index contributed by atoms with van der Waals surface area (Å²) in [6.45, 7) is 9.73. The summed E-state index contributed by atoms with van der Waals surface area (Å²) in [6, 6.07) is 8.12. The predicted octanol–water partition coefficient (Wildman–Crippen LogP) is 3.56. The van der Waals surface area contributed by atoms with E-state index in [1.54, 1.807) is 0 Å². The van der Waals surface area contributed by atoms with Crippen molar-refractivity contribution in [3.63, 3.8) is 0 Å². The molecule has 0 unspecified atom stereocenters. The summed E-state index contributed by atoms with van der Waals surface area (Å²) in [6.07, 6.45) is 0. The fraction of sp³-hybridized carbons (Fsp3) is 0.529. The van der Waals surface area contributed by atoms with Crippen LogP contribution in [-0.2, 0) is 19.6 Å². The molecule has 0 bridgehead atoms. The highest BCUT2D eigenvalue weighted by atomic mass is 16.3. The Morgan fingerprint density at radius 3 is 2.24 bits per heavy atom. The van der Waals surface area contributed by atoms with Gasteiger partial charge in [-0.2, -0.15) is 0 Å². The lowest BCUT2D eigenvalue weighted by Crippen LogP contribution is -2.18. The molecule has 4 heteroatoms. The van der Waals surface area contributed by atoms with Crippen molar-refractivity contribution in [2.75, 3.05) is 13.6 Å². The Balaban J connectivity index is 1.78. The molecule has 2 rings (SSSR count). The summed E-state index contributed by atoms with van der Waals surface area (Å²) < 4.78 is 11.4. The first-order chi connectivity index (χ1) is 10.0. The molecule has 1 N–H and O–H groups in total. The van der Waals surface area contributed by atoms with Crippen LogP contribution in [0.1, 0.15) is 36.9 Å². The first-order valence-electron chi connectivity index (χ1n) is 7.55. The van der Waals surface area contributed by atoms with Crippen LogP contribution in [0.5, 0.6) is 0 Å². The molecule has 0 aliphatic heterocycles. The quantitative estimate of drug-likeness (QED) is 0.807. The average molecular weight is 290 g/mol. The van der Waals surface area contributed by atoms with Gasteiger partial charge in [0.1, 0.15) is 23.0 Å². The van der Waals surface area contributed by atoms with E-state index in [4.69, 9.17) is 8.83 Å². The second-order valence-electron chi connectivity index (χ2n) is 6.08. The molecule has 0 radical (unpaired) electrons. The largest absolute Gasteiger partial charge is 0.465 e. The van der Waals surface area contributed by atoms with Gasteiger partial charge in [0, 0.05) is 0 Å². The number of furan rings is 2. The predicted molar refractivity (Wildman–Crippen MR) is 83.9 cm³/mol. The van der Waals surface area contributed by atoms with Crippen LogP contribution in [0.25, 0.3) is 0 Å². The van der Waals surface area contributed by atoms with E-state index in [1.165, 1.54) is 0 Å². The summed E-state index contributed by atoms with van der Waals surface area (Å²) in [5.74, 6) is 4.58. The van der Waals surface area contributed by atoms with Gasteiger partial charge in [-0.05, 0) is 50.7 Å². The van der Waals surface area contributed by atoms with Crippen molar-refractivity contribution in [3.05, 3.63) is 47.3 Å². The van der Waals surface area contributed by atoms with E-state index >= 15 is 0 Å². The van der Waals surface area contributed by atoms with E-state index in [0.29, 0.717) is 5.92 Å². The first-order valence-corrected chi connectivity index (χ1v) is 7.55. The molecule has 2 heterocycles. The molecular weight excluding hydrogens is 264 g/mol. The molecule has 2 aromatic heterocycles. The summed E-state index contributed by atoms with van der Waals surface area (Å²) in [5.41, 5.74) is 0. The lowest BCUT2D eigenvalue weighted by atomic mass is 10.2. The molecule has 2 aromatic rings. The molecule has 0 spiro atoms. The molecule has 0 amide bonds. The van der Waals surface area contributed by atoms with E-state index in [0.717, 1.165) is 49.2 Å². The third-order valence-electron chi connectivity index (χ3n) is 3.22. The van der Waals surface area contributed by atoms with Crippen molar-refractivity contribution < 1.29 is 8.83 Å². The van der Waals surface area contributed by atoms with E-state index in [9.17, 15) is 0 Å². The van der Waals surface area contributed by atoms with Gasteiger partial charge in [0.2, 0.25) is 0 Å². The Bertz CT molecular complexity index is 542. The van der Waals surface area contributed by atoms with Crippen molar-refractivity contribution in [2.24, 2.45) is 5.92 Å². The fourth-order valence-corrected chi connectivity index (χ4v) is 2.24. The third kappa shape index (κ3) is 5.40. The smallest absolute Gasteiger partial charge is 0.118 e. The van der Waals surface area contributed by atoms with Gasteiger partial charge in [0.15, 0.2) is 0 Å². The second kappa shape index (κ2) is 7.48. The molecule has 21 heavy (non-hydrogen) atoms. The molecule has 4 nitrogen and oxygen atoms in total. The molecule has 0 atom stereocenters. The fourth-order valence-electron chi connectivity index (χ4n) is 2.24. The van der Waals surface area contributed by atoms with E-state index in [1.807, 2.05) is 25.1 Å². The van der Waals surface area contributed by atoms with E-state index in [-0.39, 0.29) is 0 Å². The molecule has 0 aliphatic rings.